The Morgan fingerprint density at radius 1 is 0.767 bits per heavy atom. The van der Waals surface area contributed by atoms with Crippen LogP contribution in [0.25, 0.3) is 0 Å². The first-order valence-corrected chi connectivity index (χ1v) is 11.0. The van der Waals surface area contributed by atoms with Gasteiger partial charge in [0.25, 0.3) is 0 Å². The van der Waals surface area contributed by atoms with Crippen molar-refractivity contribution in [2.24, 2.45) is 0 Å². The van der Waals surface area contributed by atoms with Gasteiger partial charge in [0.05, 0.1) is 22.9 Å². The molecule has 0 saturated heterocycles. The monoisotopic (exact) mass is 478 g/mol. The van der Waals surface area contributed by atoms with Gasteiger partial charge in [0.1, 0.15) is 0 Å². The average Bonchev–Trinajstić information content (AvgIpc) is 2.72. The molecule has 0 radical (unpaired) electrons. The van der Waals surface area contributed by atoms with Crippen LogP contribution in [0.4, 0.5) is 11.4 Å². The Morgan fingerprint density at radius 3 is 2.13 bits per heavy atom. The summed E-state index contributed by atoms with van der Waals surface area (Å²) in [5, 5.41) is 7.16. The minimum absolute atomic E-state index is 0.115. The molecule has 0 bridgehead atoms. The minimum atomic E-state index is -0.190. The van der Waals surface area contributed by atoms with E-state index in [9.17, 15) is 9.59 Å². The molecule has 0 aliphatic rings. The van der Waals surface area contributed by atoms with Crippen molar-refractivity contribution in [2.75, 3.05) is 16.4 Å². The van der Waals surface area contributed by atoms with Crippen molar-refractivity contribution < 1.29 is 9.59 Å². The van der Waals surface area contributed by atoms with Crippen molar-refractivity contribution in [2.45, 2.75) is 11.3 Å². The van der Waals surface area contributed by atoms with Gasteiger partial charge in [-0.25, -0.2) is 0 Å². The van der Waals surface area contributed by atoms with Crippen LogP contribution in [0.3, 0.4) is 0 Å². The number of hydrogen-bond acceptors (Lipinski definition) is 3. The molecule has 154 valence electrons. The number of anilines is 2. The Morgan fingerprint density at radius 2 is 1.43 bits per heavy atom. The summed E-state index contributed by atoms with van der Waals surface area (Å²) in [7, 11) is 0. The van der Waals surface area contributed by atoms with E-state index in [2.05, 4.69) is 10.6 Å². The highest BCUT2D eigenvalue weighted by atomic mass is 35.5. The molecule has 30 heavy (non-hydrogen) atoms. The van der Waals surface area contributed by atoms with Gasteiger partial charge in [0.2, 0.25) is 11.8 Å². The second-order valence-corrected chi connectivity index (χ2v) is 8.67. The number of rotatable bonds is 7. The molecule has 0 aliphatic heterocycles. The third kappa shape index (κ3) is 6.96. The number of hydrogen-bond donors (Lipinski definition) is 2. The zero-order valence-corrected chi connectivity index (χ0v) is 18.7. The largest absolute Gasteiger partial charge is 0.326 e. The average molecular weight is 480 g/mol. The maximum Gasteiger partial charge on any atom is 0.234 e. The Kier molecular flexibility index (Phi) is 8.05. The van der Waals surface area contributed by atoms with E-state index in [4.69, 9.17) is 34.8 Å². The third-order valence-electron chi connectivity index (χ3n) is 3.99. The van der Waals surface area contributed by atoms with Crippen molar-refractivity contribution in [3.05, 3.63) is 87.4 Å². The molecule has 3 rings (SSSR count). The fourth-order valence-corrected chi connectivity index (χ4v) is 3.72. The summed E-state index contributed by atoms with van der Waals surface area (Å²) in [6.45, 7) is 0. The quantitative estimate of drug-likeness (QED) is 0.377. The lowest BCUT2D eigenvalue weighted by atomic mass is 10.1. The lowest BCUT2D eigenvalue weighted by Crippen LogP contribution is -2.14. The van der Waals surface area contributed by atoms with Crippen LogP contribution in [0, 0.1) is 0 Å². The maximum absolute atomic E-state index is 12.2. The molecule has 0 fully saturated rings. The van der Waals surface area contributed by atoms with Gasteiger partial charge in [-0.2, -0.15) is 0 Å². The zero-order chi connectivity index (χ0) is 21.5. The van der Waals surface area contributed by atoms with E-state index in [-0.39, 0.29) is 24.0 Å². The number of benzene rings is 3. The van der Waals surface area contributed by atoms with Crippen LogP contribution in [-0.4, -0.2) is 17.6 Å². The fourth-order valence-electron chi connectivity index (χ4n) is 2.56. The molecule has 2 N–H and O–H groups in total. The summed E-state index contributed by atoms with van der Waals surface area (Å²) in [6, 6.07) is 19.3. The molecule has 0 heterocycles. The predicted molar refractivity (Wildman–Crippen MR) is 126 cm³/mol. The number of carbonyl (C=O) groups is 2. The predicted octanol–water partition coefficient (Wildman–Crippen LogP) is 6.56. The van der Waals surface area contributed by atoms with E-state index in [1.165, 1.54) is 11.8 Å². The second-order valence-electron chi connectivity index (χ2n) is 6.34. The Balaban J connectivity index is 1.48. The fraction of sp³-hybridized carbons (Fsp3) is 0.0909. The van der Waals surface area contributed by atoms with Crippen LogP contribution in [0.15, 0.2) is 71.6 Å². The third-order valence-corrected chi connectivity index (χ3v) is 5.82. The number of carbonyl (C=O) groups excluding carboxylic acids is 2. The molecule has 8 heteroatoms. The van der Waals surface area contributed by atoms with Crippen molar-refractivity contribution in [3.8, 4) is 0 Å². The van der Waals surface area contributed by atoms with Crippen molar-refractivity contribution in [1.29, 1.82) is 0 Å². The van der Waals surface area contributed by atoms with Crippen LogP contribution < -0.4 is 10.6 Å². The molecular weight excluding hydrogens is 463 g/mol. The topological polar surface area (TPSA) is 58.2 Å². The van der Waals surface area contributed by atoms with Crippen molar-refractivity contribution >= 4 is 69.8 Å². The van der Waals surface area contributed by atoms with Gasteiger partial charge in [-0.15, -0.1) is 11.8 Å². The molecule has 0 unspecified atom stereocenters. The summed E-state index contributed by atoms with van der Waals surface area (Å²) >= 11 is 19.2. The lowest BCUT2D eigenvalue weighted by Gasteiger charge is -2.09. The van der Waals surface area contributed by atoms with Gasteiger partial charge in [0.15, 0.2) is 0 Å². The smallest absolute Gasteiger partial charge is 0.234 e. The van der Waals surface area contributed by atoms with Gasteiger partial charge in [-0.05, 0) is 60.2 Å². The first-order chi connectivity index (χ1) is 14.4. The van der Waals surface area contributed by atoms with Crippen LogP contribution in [-0.2, 0) is 16.0 Å². The van der Waals surface area contributed by atoms with E-state index < -0.39 is 0 Å². The van der Waals surface area contributed by atoms with Crippen LogP contribution in [0.1, 0.15) is 5.56 Å². The molecule has 0 spiro atoms. The summed E-state index contributed by atoms with van der Waals surface area (Å²) in [5.74, 6) is -0.0921. The Labute approximate surface area is 193 Å². The normalized spacial score (nSPS) is 10.5. The Bertz CT molecular complexity index is 1040. The summed E-state index contributed by atoms with van der Waals surface area (Å²) in [5.41, 5.74) is 2.05. The summed E-state index contributed by atoms with van der Waals surface area (Å²) < 4.78 is 0. The number of thioether (sulfide) groups is 1. The first-order valence-electron chi connectivity index (χ1n) is 8.91. The van der Waals surface area contributed by atoms with E-state index >= 15 is 0 Å². The standard InChI is InChI=1S/C22H17Cl3N2O2S/c23-15-3-1-14(2-4-15)11-21(28)26-17-6-8-18(9-7-17)30-13-22(29)27-20-12-16(24)5-10-19(20)25/h1-10,12H,11,13H2,(H,26,28)(H,27,29). The van der Waals surface area contributed by atoms with E-state index in [0.29, 0.717) is 26.4 Å². The molecule has 2 amide bonds. The highest BCUT2D eigenvalue weighted by Gasteiger charge is 2.08. The highest BCUT2D eigenvalue weighted by Crippen LogP contribution is 2.26. The second kappa shape index (κ2) is 10.7. The molecule has 4 nitrogen and oxygen atoms in total. The number of nitrogens with one attached hydrogen (secondary N) is 2. The van der Waals surface area contributed by atoms with Gasteiger partial charge in [-0.3, -0.25) is 9.59 Å². The Hall–Kier alpha value is -2.18. The summed E-state index contributed by atoms with van der Waals surface area (Å²) in [6.07, 6.45) is 0.264. The van der Waals surface area contributed by atoms with E-state index in [0.717, 1.165) is 10.5 Å². The molecule has 3 aromatic carbocycles. The van der Waals surface area contributed by atoms with Crippen LogP contribution in [0.5, 0.6) is 0 Å². The molecule has 0 saturated carbocycles. The number of amides is 2. The van der Waals surface area contributed by atoms with Gasteiger partial charge < -0.3 is 10.6 Å². The SMILES string of the molecule is O=C(Cc1ccc(Cl)cc1)Nc1ccc(SCC(=O)Nc2cc(Cl)ccc2Cl)cc1. The van der Waals surface area contributed by atoms with E-state index in [1.54, 1.807) is 42.5 Å². The molecule has 3 aromatic rings. The van der Waals surface area contributed by atoms with Gasteiger partial charge in [0, 0.05) is 20.6 Å². The molecule has 0 atom stereocenters. The lowest BCUT2D eigenvalue weighted by molar-refractivity contribution is -0.115. The first kappa shape index (κ1) is 22.5. The molecule has 0 aromatic heterocycles. The zero-order valence-electron chi connectivity index (χ0n) is 15.6. The molecular formula is C22H17Cl3N2O2S. The number of halogens is 3. The van der Waals surface area contributed by atoms with E-state index in [1.807, 2.05) is 24.3 Å². The maximum atomic E-state index is 12.2. The van der Waals surface area contributed by atoms with Gasteiger partial charge in [-0.1, -0.05) is 46.9 Å². The summed E-state index contributed by atoms with van der Waals surface area (Å²) in [4.78, 5) is 25.2. The minimum Gasteiger partial charge on any atom is -0.326 e. The van der Waals surface area contributed by atoms with Gasteiger partial charge >= 0.3 is 0 Å². The van der Waals surface area contributed by atoms with Crippen molar-refractivity contribution in [1.82, 2.24) is 0 Å². The van der Waals surface area contributed by atoms with Crippen LogP contribution in [0.2, 0.25) is 15.1 Å². The van der Waals surface area contributed by atoms with Crippen LogP contribution >= 0.6 is 46.6 Å². The highest BCUT2D eigenvalue weighted by molar-refractivity contribution is 8.00. The van der Waals surface area contributed by atoms with Crippen molar-refractivity contribution in [3.63, 3.8) is 0 Å². The molecule has 0 aliphatic carbocycles.